The summed E-state index contributed by atoms with van der Waals surface area (Å²) in [7, 11) is -4.55. The van der Waals surface area contributed by atoms with E-state index in [1.54, 1.807) is 6.07 Å². The number of alkyl halides is 3. The lowest BCUT2D eigenvalue weighted by Gasteiger charge is -2.17. The van der Waals surface area contributed by atoms with E-state index in [-0.39, 0.29) is 17.2 Å². The molecule has 2 aromatic carbocycles. The van der Waals surface area contributed by atoms with E-state index in [4.69, 9.17) is 23.2 Å². The maximum absolute atomic E-state index is 14.7. The van der Waals surface area contributed by atoms with Crippen LogP contribution in [0.5, 0.6) is 0 Å². The van der Waals surface area contributed by atoms with Crippen LogP contribution in [0.15, 0.2) is 47.5 Å². The molecule has 3 nitrogen and oxygen atoms in total. The van der Waals surface area contributed by atoms with Crippen molar-refractivity contribution in [2.75, 3.05) is 0 Å². The van der Waals surface area contributed by atoms with Crippen LogP contribution in [0.4, 0.5) is 17.6 Å². The average Bonchev–Trinajstić information content (AvgIpc) is 3.26. The van der Waals surface area contributed by atoms with Crippen LogP contribution in [-0.4, -0.2) is 12.4 Å². The van der Waals surface area contributed by atoms with Crippen LogP contribution in [-0.2, 0) is 22.6 Å². The lowest BCUT2D eigenvalue weighted by molar-refractivity contribution is -0.137. The Kier molecular flexibility index (Phi) is 5.84. The molecule has 1 unspecified atom stereocenters. The Bertz CT molecular complexity index is 1290. The van der Waals surface area contributed by atoms with Gasteiger partial charge in [0, 0.05) is 11.8 Å². The molecule has 1 atom stereocenters. The van der Waals surface area contributed by atoms with Gasteiger partial charge in [0.25, 0.3) is 10.0 Å². The summed E-state index contributed by atoms with van der Waals surface area (Å²) in [6, 6.07) is 6.80. The highest BCUT2D eigenvalue weighted by molar-refractivity contribution is 7.90. The second kappa shape index (κ2) is 8.08. The maximum atomic E-state index is 14.7. The summed E-state index contributed by atoms with van der Waals surface area (Å²) in [4.78, 5) is -0.659. The standard InChI is InChI=1S/C22H17Cl2F4NO2S/c1-2-12-7-8-14-16(12)11-29(20(14)15-5-3-4-6-19(15)25)32(30,31)21-17(23)9-13(10-18(21)24)22(26,27)28/h3-6,9-12H,2,7-8H2,1H3. The molecule has 0 radical (unpaired) electrons. The second-order valence-corrected chi connectivity index (χ2v) is 10.2. The molecule has 1 aliphatic rings. The van der Waals surface area contributed by atoms with Gasteiger partial charge in [-0.3, -0.25) is 0 Å². The minimum Gasteiger partial charge on any atom is -0.240 e. The first-order valence-corrected chi connectivity index (χ1v) is 12.0. The molecular weight excluding hydrogens is 489 g/mol. The third kappa shape index (κ3) is 3.72. The quantitative estimate of drug-likeness (QED) is 0.349. The number of rotatable bonds is 4. The number of fused-ring (bicyclic) bond motifs is 1. The molecule has 0 aliphatic heterocycles. The van der Waals surface area contributed by atoms with Crippen molar-refractivity contribution in [3.05, 3.63) is 75.1 Å². The topological polar surface area (TPSA) is 39.1 Å². The van der Waals surface area contributed by atoms with E-state index < -0.39 is 42.5 Å². The average molecular weight is 506 g/mol. The molecule has 0 saturated heterocycles. The highest BCUT2D eigenvalue weighted by atomic mass is 35.5. The van der Waals surface area contributed by atoms with Gasteiger partial charge >= 0.3 is 6.18 Å². The third-order valence-electron chi connectivity index (χ3n) is 5.76. The Morgan fingerprint density at radius 1 is 1.12 bits per heavy atom. The van der Waals surface area contributed by atoms with Gasteiger partial charge in [-0.1, -0.05) is 42.3 Å². The predicted molar refractivity (Wildman–Crippen MR) is 115 cm³/mol. The van der Waals surface area contributed by atoms with Crippen molar-refractivity contribution in [2.45, 2.75) is 43.2 Å². The molecule has 1 aliphatic carbocycles. The van der Waals surface area contributed by atoms with Gasteiger partial charge in [0.15, 0.2) is 0 Å². The van der Waals surface area contributed by atoms with Crippen LogP contribution in [0.1, 0.15) is 42.4 Å². The van der Waals surface area contributed by atoms with Crippen LogP contribution in [0, 0.1) is 5.82 Å². The van der Waals surface area contributed by atoms with Gasteiger partial charge in [-0.2, -0.15) is 13.2 Å². The summed E-state index contributed by atoms with van der Waals surface area (Å²) in [5.74, 6) is -0.528. The summed E-state index contributed by atoms with van der Waals surface area (Å²) in [6.07, 6.45) is -1.23. The molecule has 0 N–H and O–H groups in total. The predicted octanol–water partition coefficient (Wildman–Crippen LogP) is 7.30. The van der Waals surface area contributed by atoms with Crippen molar-refractivity contribution < 1.29 is 26.0 Å². The number of hydrogen-bond donors (Lipinski definition) is 0. The van der Waals surface area contributed by atoms with E-state index in [2.05, 4.69) is 0 Å². The summed E-state index contributed by atoms with van der Waals surface area (Å²) in [6.45, 7) is 1.97. The third-order valence-corrected chi connectivity index (χ3v) is 8.34. The fourth-order valence-corrected chi connectivity index (χ4v) is 6.82. The Balaban J connectivity index is 2.00. The number of hydrogen-bond acceptors (Lipinski definition) is 2. The minimum absolute atomic E-state index is 0.0771. The van der Waals surface area contributed by atoms with Crippen molar-refractivity contribution in [3.8, 4) is 11.3 Å². The zero-order valence-electron chi connectivity index (χ0n) is 16.7. The number of aromatic nitrogens is 1. The highest BCUT2D eigenvalue weighted by Crippen LogP contribution is 2.45. The van der Waals surface area contributed by atoms with Crippen molar-refractivity contribution in [1.29, 1.82) is 0 Å². The van der Waals surface area contributed by atoms with Gasteiger partial charge in [-0.05, 0) is 60.6 Å². The Labute approximate surface area is 192 Å². The lowest BCUT2D eigenvalue weighted by Crippen LogP contribution is -2.16. The first-order chi connectivity index (χ1) is 15.0. The van der Waals surface area contributed by atoms with Crippen LogP contribution in [0.25, 0.3) is 11.3 Å². The molecule has 0 spiro atoms. The molecular formula is C22H17Cl2F4NO2S. The van der Waals surface area contributed by atoms with Crippen LogP contribution < -0.4 is 0 Å². The largest absolute Gasteiger partial charge is 0.416 e. The first-order valence-electron chi connectivity index (χ1n) is 9.77. The zero-order chi connectivity index (χ0) is 23.4. The van der Waals surface area contributed by atoms with Crippen molar-refractivity contribution >= 4 is 33.2 Å². The summed E-state index contributed by atoms with van der Waals surface area (Å²) >= 11 is 12.0. The van der Waals surface area contributed by atoms with Gasteiger partial charge in [0.2, 0.25) is 0 Å². The molecule has 1 heterocycles. The molecule has 1 aromatic heterocycles. The summed E-state index contributed by atoms with van der Waals surface area (Å²) in [5, 5.41) is -1.32. The van der Waals surface area contributed by atoms with Crippen molar-refractivity contribution in [3.63, 3.8) is 0 Å². The molecule has 10 heteroatoms. The number of nitrogens with zero attached hydrogens (tertiary/aromatic N) is 1. The fraction of sp³-hybridized carbons (Fsp3) is 0.273. The van der Waals surface area contributed by atoms with Crippen LogP contribution in [0.3, 0.4) is 0 Å². The SMILES string of the molecule is CCC1CCc2c1cn(S(=O)(=O)c1c(Cl)cc(C(F)(F)F)cc1Cl)c2-c1ccccc1F. The number of halogens is 6. The molecule has 0 fully saturated rings. The smallest absolute Gasteiger partial charge is 0.240 e. The van der Waals surface area contributed by atoms with Crippen molar-refractivity contribution in [2.24, 2.45) is 0 Å². The Morgan fingerprint density at radius 2 is 1.75 bits per heavy atom. The minimum atomic E-state index is -4.75. The zero-order valence-corrected chi connectivity index (χ0v) is 19.0. The molecule has 3 aromatic rings. The first kappa shape index (κ1) is 23.1. The van der Waals surface area contributed by atoms with E-state index in [1.165, 1.54) is 24.4 Å². The number of benzene rings is 2. The van der Waals surface area contributed by atoms with Crippen molar-refractivity contribution in [1.82, 2.24) is 3.97 Å². The summed E-state index contributed by atoms with van der Waals surface area (Å²) in [5.41, 5.74) is 0.523. The molecule has 170 valence electrons. The summed E-state index contributed by atoms with van der Waals surface area (Å²) < 4.78 is 82.2. The molecule has 32 heavy (non-hydrogen) atoms. The van der Waals surface area contributed by atoms with Gasteiger partial charge in [-0.15, -0.1) is 0 Å². The van der Waals surface area contributed by atoms with E-state index in [0.29, 0.717) is 24.1 Å². The van der Waals surface area contributed by atoms with Gasteiger partial charge in [-0.25, -0.2) is 16.8 Å². The van der Waals surface area contributed by atoms with Gasteiger partial charge < -0.3 is 0 Å². The Hall–Kier alpha value is -2.03. The molecule has 0 amide bonds. The molecule has 4 rings (SSSR count). The normalized spacial score (nSPS) is 16.4. The Morgan fingerprint density at radius 3 is 2.31 bits per heavy atom. The van der Waals surface area contributed by atoms with Gasteiger partial charge in [0.1, 0.15) is 10.7 Å². The van der Waals surface area contributed by atoms with Gasteiger partial charge in [0.05, 0.1) is 21.3 Å². The maximum Gasteiger partial charge on any atom is 0.416 e. The van der Waals surface area contributed by atoms with E-state index in [1.807, 2.05) is 6.92 Å². The molecule has 0 saturated carbocycles. The lowest BCUT2D eigenvalue weighted by atomic mass is 10.0. The highest BCUT2D eigenvalue weighted by Gasteiger charge is 2.37. The monoisotopic (exact) mass is 505 g/mol. The van der Waals surface area contributed by atoms with E-state index in [9.17, 15) is 26.0 Å². The van der Waals surface area contributed by atoms with E-state index in [0.717, 1.165) is 22.4 Å². The fourth-order valence-electron chi connectivity index (χ4n) is 4.24. The van der Waals surface area contributed by atoms with Crippen LogP contribution >= 0.6 is 23.2 Å². The van der Waals surface area contributed by atoms with Crippen LogP contribution in [0.2, 0.25) is 10.0 Å². The molecule has 0 bridgehead atoms. The second-order valence-electron chi connectivity index (χ2n) is 7.60. The van der Waals surface area contributed by atoms with E-state index >= 15 is 0 Å².